The van der Waals surface area contributed by atoms with Crippen molar-refractivity contribution in [2.75, 3.05) is 0 Å². The van der Waals surface area contributed by atoms with E-state index >= 15 is 0 Å². The van der Waals surface area contributed by atoms with Crippen LogP contribution in [-0.2, 0) is 0 Å². The second-order valence-electron chi connectivity index (χ2n) is 9.15. The SMILES string of the molecule is [C-]#[N+]c1ccc2c(c1)c1ccccc1n2-c1cccc(-n2c3ccccc3c3cc(C#N)ccc32)c1C#N. The van der Waals surface area contributed by atoms with Crippen molar-refractivity contribution >= 4 is 49.3 Å². The summed E-state index contributed by atoms with van der Waals surface area (Å²) in [6, 6.07) is 38.2. The number of nitriles is 2. The molecule has 0 aliphatic heterocycles. The van der Waals surface area contributed by atoms with Gasteiger partial charge >= 0.3 is 0 Å². The summed E-state index contributed by atoms with van der Waals surface area (Å²) in [4.78, 5) is 3.63. The summed E-state index contributed by atoms with van der Waals surface area (Å²) in [5, 5.41) is 24.1. The molecule has 7 aromatic rings. The summed E-state index contributed by atoms with van der Waals surface area (Å²) in [6.45, 7) is 7.48. The van der Waals surface area contributed by atoms with E-state index in [-0.39, 0.29) is 0 Å². The highest BCUT2D eigenvalue weighted by atomic mass is 15.0. The molecule has 2 heterocycles. The van der Waals surface area contributed by atoms with Crippen LogP contribution in [0.5, 0.6) is 0 Å². The number of nitrogens with zero attached hydrogens (tertiary/aromatic N) is 5. The molecule has 38 heavy (non-hydrogen) atoms. The lowest BCUT2D eigenvalue weighted by atomic mass is 10.1. The number of aromatic nitrogens is 2. The summed E-state index contributed by atoms with van der Waals surface area (Å²) in [7, 11) is 0. The predicted molar refractivity (Wildman–Crippen MR) is 151 cm³/mol. The molecule has 2 aromatic heterocycles. The van der Waals surface area contributed by atoms with E-state index in [0.29, 0.717) is 16.8 Å². The van der Waals surface area contributed by atoms with Gasteiger partial charge in [-0.05, 0) is 60.0 Å². The topological polar surface area (TPSA) is 61.8 Å². The van der Waals surface area contributed by atoms with Gasteiger partial charge in [-0.2, -0.15) is 10.5 Å². The Hall–Kier alpha value is -5.83. The first-order chi connectivity index (χ1) is 18.7. The summed E-state index contributed by atoms with van der Waals surface area (Å²) in [5.74, 6) is 0. The van der Waals surface area contributed by atoms with E-state index in [2.05, 4.69) is 32.2 Å². The molecule has 5 heteroatoms. The van der Waals surface area contributed by atoms with Crippen LogP contribution in [0.3, 0.4) is 0 Å². The fraction of sp³-hybridized carbons (Fsp3) is 0. The van der Waals surface area contributed by atoms with Gasteiger partial charge in [-0.25, -0.2) is 4.85 Å². The molecule has 0 radical (unpaired) electrons. The zero-order valence-corrected chi connectivity index (χ0v) is 20.1. The summed E-state index contributed by atoms with van der Waals surface area (Å²) in [5.41, 5.74) is 7.06. The van der Waals surface area contributed by atoms with Crippen molar-refractivity contribution in [3.63, 3.8) is 0 Å². The van der Waals surface area contributed by atoms with Crippen LogP contribution < -0.4 is 0 Å². The van der Waals surface area contributed by atoms with E-state index in [1.165, 1.54) is 0 Å². The van der Waals surface area contributed by atoms with Gasteiger partial charge in [0.25, 0.3) is 0 Å². The number of hydrogen-bond acceptors (Lipinski definition) is 2. The van der Waals surface area contributed by atoms with Crippen molar-refractivity contribution in [3.05, 3.63) is 126 Å². The zero-order chi connectivity index (χ0) is 25.8. The Labute approximate surface area is 218 Å². The van der Waals surface area contributed by atoms with Gasteiger partial charge in [0.15, 0.2) is 5.69 Å². The fourth-order valence-corrected chi connectivity index (χ4v) is 5.61. The van der Waals surface area contributed by atoms with Gasteiger partial charge in [0.1, 0.15) is 11.6 Å². The molecule has 0 spiro atoms. The van der Waals surface area contributed by atoms with Crippen molar-refractivity contribution in [1.82, 2.24) is 9.13 Å². The van der Waals surface area contributed by atoms with Crippen LogP contribution in [0.2, 0.25) is 0 Å². The average molecular weight is 484 g/mol. The first-order valence-electron chi connectivity index (χ1n) is 12.1. The van der Waals surface area contributed by atoms with Crippen molar-refractivity contribution in [1.29, 1.82) is 10.5 Å². The molecule has 7 rings (SSSR count). The monoisotopic (exact) mass is 483 g/mol. The molecule has 0 amide bonds. The minimum Gasteiger partial charge on any atom is -0.308 e. The molecule has 0 saturated carbocycles. The van der Waals surface area contributed by atoms with E-state index in [9.17, 15) is 10.5 Å². The smallest absolute Gasteiger partial charge is 0.188 e. The highest BCUT2D eigenvalue weighted by Crippen LogP contribution is 2.38. The second kappa shape index (κ2) is 8.10. The van der Waals surface area contributed by atoms with Crippen LogP contribution in [-0.4, -0.2) is 9.13 Å². The van der Waals surface area contributed by atoms with Crippen LogP contribution in [0.25, 0.3) is 59.8 Å². The molecule has 0 fully saturated rings. The van der Waals surface area contributed by atoms with Crippen LogP contribution in [0.1, 0.15) is 11.1 Å². The Morgan fingerprint density at radius 1 is 0.553 bits per heavy atom. The molecule has 0 unspecified atom stereocenters. The van der Waals surface area contributed by atoms with E-state index in [4.69, 9.17) is 6.57 Å². The third-order valence-electron chi connectivity index (χ3n) is 7.20. The highest BCUT2D eigenvalue weighted by molar-refractivity contribution is 6.11. The largest absolute Gasteiger partial charge is 0.308 e. The average Bonchev–Trinajstić information content (AvgIpc) is 3.48. The van der Waals surface area contributed by atoms with E-state index in [1.54, 1.807) is 0 Å². The summed E-state index contributed by atoms with van der Waals surface area (Å²) < 4.78 is 4.22. The highest BCUT2D eigenvalue weighted by Gasteiger charge is 2.20. The van der Waals surface area contributed by atoms with Crippen molar-refractivity contribution in [3.8, 4) is 23.5 Å². The predicted octanol–water partition coefficient (Wildman–Crippen LogP) is 8.17. The Kier molecular flexibility index (Phi) is 4.57. The molecular weight excluding hydrogens is 466 g/mol. The van der Waals surface area contributed by atoms with E-state index < -0.39 is 0 Å². The normalized spacial score (nSPS) is 11.1. The lowest BCUT2D eigenvalue weighted by molar-refractivity contribution is 1.12. The quantitative estimate of drug-likeness (QED) is 0.233. The molecule has 5 aromatic carbocycles. The lowest BCUT2D eigenvalue weighted by Gasteiger charge is -2.15. The number of benzene rings is 5. The number of para-hydroxylation sites is 2. The first-order valence-corrected chi connectivity index (χ1v) is 12.1. The Morgan fingerprint density at radius 3 is 1.68 bits per heavy atom. The standard InChI is InChI=1S/C33H17N5/c1-36-22-14-16-33-26(18-22)24-8-3-5-10-29(24)38(33)31-12-6-11-30(27(31)20-35)37-28-9-4-2-7-23(28)25-17-21(19-34)13-15-32(25)37/h2-18H. The molecule has 5 nitrogen and oxygen atoms in total. The molecule has 0 bridgehead atoms. The van der Waals surface area contributed by atoms with Gasteiger partial charge < -0.3 is 9.13 Å². The number of hydrogen-bond donors (Lipinski definition) is 0. The van der Waals surface area contributed by atoms with Gasteiger partial charge in [-0.3, -0.25) is 0 Å². The number of rotatable bonds is 2. The molecule has 0 N–H and O–H groups in total. The van der Waals surface area contributed by atoms with Crippen LogP contribution >= 0.6 is 0 Å². The second-order valence-corrected chi connectivity index (χ2v) is 9.15. The fourth-order valence-electron chi connectivity index (χ4n) is 5.61. The van der Waals surface area contributed by atoms with Gasteiger partial charge in [0, 0.05) is 16.2 Å². The van der Waals surface area contributed by atoms with E-state index in [0.717, 1.165) is 55.0 Å². The first kappa shape index (κ1) is 21.5. The van der Waals surface area contributed by atoms with Crippen molar-refractivity contribution < 1.29 is 0 Å². The van der Waals surface area contributed by atoms with Gasteiger partial charge in [0.05, 0.1) is 51.6 Å². The molecule has 0 aliphatic carbocycles. The van der Waals surface area contributed by atoms with Crippen LogP contribution in [0.4, 0.5) is 5.69 Å². The maximum atomic E-state index is 10.6. The Bertz CT molecular complexity index is 2080. The molecule has 0 saturated heterocycles. The van der Waals surface area contributed by atoms with Crippen molar-refractivity contribution in [2.45, 2.75) is 0 Å². The van der Waals surface area contributed by atoms with Crippen LogP contribution in [0, 0.1) is 29.2 Å². The maximum absolute atomic E-state index is 10.6. The number of fused-ring (bicyclic) bond motifs is 6. The Morgan fingerprint density at radius 2 is 1.11 bits per heavy atom. The van der Waals surface area contributed by atoms with Gasteiger partial charge in [-0.1, -0.05) is 48.5 Å². The minimum atomic E-state index is 0.538. The third kappa shape index (κ3) is 2.89. The molecule has 174 valence electrons. The zero-order valence-electron chi connectivity index (χ0n) is 20.1. The summed E-state index contributed by atoms with van der Waals surface area (Å²) >= 11 is 0. The molecule has 0 atom stereocenters. The van der Waals surface area contributed by atoms with Gasteiger partial charge in [0.2, 0.25) is 0 Å². The third-order valence-corrected chi connectivity index (χ3v) is 7.20. The van der Waals surface area contributed by atoms with Crippen molar-refractivity contribution in [2.24, 2.45) is 0 Å². The molecular formula is C33H17N5. The molecule has 0 aliphatic rings. The Balaban J connectivity index is 1.60. The van der Waals surface area contributed by atoms with E-state index in [1.807, 2.05) is 97.1 Å². The van der Waals surface area contributed by atoms with Crippen LogP contribution in [0.15, 0.2) is 103 Å². The minimum absolute atomic E-state index is 0.538. The summed E-state index contributed by atoms with van der Waals surface area (Å²) in [6.07, 6.45) is 0. The maximum Gasteiger partial charge on any atom is 0.188 e. The van der Waals surface area contributed by atoms with Gasteiger partial charge in [-0.15, -0.1) is 0 Å². The lowest BCUT2D eigenvalue weighted by Crippen LogP contribution is -2.03.